The third kappa shape index (κ3) is 5.53. The lowest BCUT2D eigenvalue weighted by Gasteiger charge is -2.23. The first kappa shape index (κ1) is 23.3. The number of nitrogens with zero attached hydrogens (tertiary/aromatic N) is 1. The summed E-state index contributed by atoms with van der Waals surface area (Å²) in [4.78, 5) is 25.9. The van der Waals surface area contributed by atoms with Gasteiger partial charge in [0.25, 0.3) is 0 Å². The fourth-order valence-corrected chi connectivity index (χ4v) is 4.55. The number of fused-ring (bicyclic) bond motifs is 1. The molecule has 0 aliphatic carbocycles. The van der Waals surface area contributed by atoms with Gasteiger partial charge in [0.2, 0.25) is 21.8 Å². The van der Waals surface area contributed by atoms with Crippen molar-refractivity contribution < 1.29 is 27.5 Å². The number of benzene rings is 1. The normalized spacial score (nSPS) is 14.9. The monoisotopic (exact) mass is 427 g/mol. The van der Waals surface area contributed by atoms with Gasteiger partial charge in [0.1, 0.15) is 6.04 Å². The maximum Gasteiger partial charge on any atom is 0.241 e. The van der Waals surface area contributed by atoms with E-state index in [1.165, 1.54) is 27.2 Å². The highest BCUT2D eigenvalue weighted by atomic mass is 32.2. The van der Waals surface area contributed by atoms with Gasteiger partial charge in [0, 0.05) is 33.4 Å². The molecule has 2 rings (SSSR count). The summed E-state index contributed by atoms with van der Waals surface area (Å²) < 4.78 is 38.3. The molecule has 1 aliphatic heterocycles. The average molecular weight is 428 g/mol. The van der Waals surface area contributed by atoms with Crippen LogP contribution in [0.25, 0.3) is 0 Å². The zero-order chi connectivity index (χ0) is 21.8. The molecule has 0 spiro atoms. The Kier molecular flexibility index (Phi) is 7.75. The molecule has 2 amide bonds. The molecule has 1 aromatic rings. The molecule has 1 aliphatic rings. The van der Waals surface area contributed by atoms with Crippen molar-refractivity contribution in [3.05, 3.63) is 23.8 Å². The number of amides is 2. The predicted octanol–water partition coefficient (Wildman–Crippen LogP) is 0.634. The van der Waals surface area contributed by atoms with Crippen molar-refractivity contribution in [2.75, 3.05) is 32.2 Å². The second-order valence-corrected chi connectivity index (χ2v) is 8.91. The molecule has 1 heterocycles. The number of hydrogen-bond donors (Lipinski definition) is 2. The quantitative estimate of drug-likeness (QED) is 0.559. The minimum Gasteiger partial charge on any atom is -0.354 e. The molecule has 10 heteroatoms. The van der Waals surface area contributed by atoms with E-state index in [0.29, 0.717) is 13.0 Å². The standard InChI is InChI=1S/C19H29N3O6S/c1-12(2)18(19(24)20-11-17(27-4)28-5)21-29(25,26)15-6-7-16-14(10-15)8-9-22(16)13(3)23/h6-7,10,12,17-18,21H,8-9,11H2,1-5H3,(H,20,24). The van der Waals surface area contributed by atoms with Crippen LogP contribution in [0.15, 0.2) is 23.1 Å². The average Bonchev–Trinajstić information content (AvgIpc) is 3.10. The van der Waals surface area contributed by atoms with Crippen LogP contribution in [0.1, 0.15) is 26.3 Å². The van der Waals surface area contributed by atoms with Gasteiger partial charge in [0.05, 0.1) is 11.4 Å². The fourth-order valence-electron chi connectivity index (χ4n) is 3.16. The number of hydrogen-bond acceptors (Lipinski definition) is 6. The number of anilines is 1. The Bertz CT molecular complexity index is 852. The smallest absolute Gasteiger partial charge is 0.241 e. The lowest BCUT2D eigenvalue weighted by atomic mass is 10.1. The van der Waals surface area contributed by atoms with Crippen LogP contribution in [-0.4, -0.2) is 59.9 Å². The number of methoxy groups -OCH3 is 2. The molecule has 0 aromatic heterocycles. The van der Waals surface area contributed by atoms with Crippen LogP contribution in [0.2, 0.25) is 0 Å². The van der Waals surface area contributed by atoms with Crippen LogP contribution in [0.4, 0.5) is 5.69 Å². The number of rotatable bonds is 9. The number of carbonyl (C=O) groups is 2. The van der Waals surface area contributed by atoms with Crippen molar-refractivity contribution >= 4 is 27.5 Å². The first-order valence-electron chi connectivity index (χ1n) is 9.37. The Morgan fingerprint density at radius 3 is 2.41 bits per heavy atom. The minimum atomic E-state index is -3.94. The SMILES string of the molecule is COC(CNC(=O)C(NS(=O)(=O)c1ccc2c(c1)CCN2C(C)=O)C(C)C)OC. The van der Waals surface area contributed by atoms with Gasteiger partial charge in [-0.3, -0.25) is 9.59 Å². The molecule has 9 nitrogen and oxygen atoms in total. The Labute approximate surface area is 171 Å². The van der Waals surface area contributed by atoms with Gasteiger partial charge in [-0.05, 0) is 36.1 Å². The molecule has 0 radical (unpaired) electrons. The minimum absolute atomic E-state index is 0.0618. The van der Waals surface area contributed by atoms with E-state index < -0.39 is 28.3 Å². The number of carbonyl (C=O) groups excluding carboxylic acids is 2. The molecule has 0 bridgehead atoms. The van der Waals surface area contributed by atoms with Crippen LogP contribution in [-0.2, 0) is 35.5 Å². The Morgan fingerprint density at radius 1 is 1.21 bits per heavy atom. The topological polar surface area (TPSA) is 114 Å². The van der Waals surface area contributed by atoms with Crippen molar-refractivity contribution in [3.8, 4) is 0 Å². The molecule has 0 saturated heterocycles. The van der Waals surface area contributed by atoms with Gasteiger partial charge in [-0.15, -0.1) is 0 Å². The Morgan fingerprint density at radius 2 is 1.86 bits per heavy atom. The summed E-state index contributed by atoms with van der Waals surface area (Å²) in [6.07, 6.45) is -0.0359. The van der Waals surface area contributed by atoms with E-state index in [1.807, 2.05) is 0 Å². The number of ether oxygens (including phenoxy) is 2. The van der Waals surface area contributed by atoms with Crippen molar-refractivity contribution in [2.24, 2.45) is 5.92 Å². The van der Waals surface area contributed by atoms with Gasteiger partial charge in [-0.1, -0.05) is 13.8 Å². The molecule has 29 heavy (non-hydrogen) atoms. The second kappa shape index (κ2) is 9.66. The van der Waals surface area contributed by atoms with E-state index in [4.69, 9.17) is 9.47 Å². The molecule has 2 N–H and O–H groups in total. The van der Waals surface area contributed by atoms with E-state index >= 15 is 0 Å². The highest BCUT2D eigenvalue weighted by Crippen LogP contribution is 2.30. The van der Waals surface area contributed by atoms with Gasteiger partial charge >= 0.3 is 0 Å². The summed E-state index contributed by atoms with van der Waals surface area (Å²) in [7, 11) is -1.04. The summed E-state index contributed by atoms with van der Waals surface area (Å²) in [6.45, 7) is 5.61. The van der Waals surface area contributed by atoms with Gasteiger partial charge in [-0.25, -0.2) is 8.42 Å². The van der Waals surface area contributed by atoms with Crippen molar-refractivity contribution in [2.45, 2.75) is 44.4 Å². The van der Waals surface area contributed by atoms with Crippen molar-refractivity contribution in [1.29, 1.82) is 0 Å². The third-order valence-corrected chi connectivity index (χ3v) is 6.28. The van der Waals surface area contributed by atoms with Gasteiger partial charge in [0.15, 0.2) is 6.29 Å². The molecular formula is C19H29N3O6S. The van der Waals surface area contributed by atoms with Crippen LogP contribution in [0.5, 0.6) is 0 Å². The molecule has 162 valence electrons. The van der Waals surface area contributed by atoms with Gasteiger partial charge in [-0.2, -0.15) is 4.72 Å². The molecule has 1 unspecified atom stereocenters. The largest absolute Gasteiger partial charge is 0.354 e. The first-order valence-corrected chi connectivity index (χ1v) is 10.9. The molecule has 1 atom stereocenters. The second-order valence-electron chi connectivity index (χ2n) is 7.20. The Balaban J connectivity index is 2.17. The number of sulfonamides is 1. The van der Waals surface area contributed by atoms with E-state index in [2.05, 4.69) is 10.0 Å². The van der Waals surface area contributed by atoms with Crippen LogP contribution < -0.4 is 14.9 Å². The Hall–Kier alpha value is -2.01. The molecular weight excluding hydrogens is 398 g/mol. The van der Waals surface area contributed by atoms with Crippen molar-refractivity contribution in [3.63, 3.8) is 0 Å². The zero-order valence-electron chi connectivity index (χ0n) is 17.4. The maximum absolute atomic E-state index is 12.9. The van der Waals surface area contributed by atoms with E-state index in [-0.39, 0.29) is 23.3 Å². The molecule has 0 fully saturated rings. The summed E-state index contributed by atoms with van der Waals surface area (Å²) >= 11 is 0. The highest BCUT2D eigenvalue weighted by molar-refractivity contribution is 7.89. The first-order chi connectivity index (χ1) is 13.6. The van der Waals surface area contributed by atoms with E-state index in [0.717, 1.165) is 11.3 Å². The third-order valence-electron chi connectivity index (χ3n) is 4.84. The van der Waals surface area contributed by atoms with Crippen molar-refractivity contribution in [1.82, 2.24) is 10.0 Å². The predicted molar refractivity (Wildman–Crippen MR) is 108 cm³/mol. The lowest BCUT2D eigenvalue weighted by molar-refractivity contribution is -0.129. The summed E-state index contributed by atoms with van der Waals surface area (Å²) in [5.74, 6) is -0.831. The summed E-state index contributed by atoms with van der Waals surface area (Å²) in [5.41, 5.74) is 1.51. The molecule has 1 aromatic carbocycles. The van der Waals surface area contributed by atoms with Crippen LogP contribution in [0, 0.1) is 5.92 Å². The highest BCUT2D eigenvalue weighted by Gasteiger charge is 2.30. The van der Waals surface area contributed by atoms with Crippen LogP contribution in [0.3, 0.4) is 0 Å². The summed E-state index contributed by atoms with van der Waals surface area (Å²) in [6, 6.07) is 3.67. The lowest BCUT2D eigenvalue weighted by Crippen LogP contribution is -2.51. The van der Waals surface area contributed by atoms with E-state index in [9.17, 15) is 18.0 Å². The van der Waals surface area contributed by atoms with Crippen LogP contribution >= 0.6 is 0 Å². The fraction of sp³-hybridized carbons (Fsp3) is 0.579. The van der Waals surface area contributed by atoms with E-state index in [1.54, 1.807) is 30.9 Å². The van der Waals surface area contributed by atoms with Gasteiger partial charge < -0.3 is 19.7 Å². The summed E-state index contributed by atoms with van der Waals surface area (Å²) in [5, 5.41) is 2.64. The number of nitrogens with one attached hydrogen (secondary N) is 2. The zero-order valence-corrected chi connectivity index (χ0v) is 18.2. The molecule has 0 saturated carbocycles. The maximum atomic E-state index is 12.9.